The lowest BCUT2D eigenvalue weighted by Gasteiger charge is -2.29. The lowest BCUT2D eigenvalue weighted by Crippen LogP contribution is -2.25. The van der Waals surface area contributed by atoms with Crippen LogP contribution in [0.25, 0.3) is 33.4 Å². The molecule has 0 N–H and O–H groups in total. The molecule has 1 heteroatoms. The van der Waals surface area contributed by atoms with E-state index in [0.29, 0.717) is 0 Å². The lowest BCUT2D eigenvalue weighted by atomic mass is 9.73. The molecule has 1 aliphatic carbocycles. The van der Waals surface area contributed by atoms with E-state index >= 15 is 0 Å². The minimum absolute atomic E-state index is 0.632. The van der Waals surface area contributed by atoms with Gasteiger partial charge in [0.25, 0.3) is 0 Å². The molecule has 244 valence electrons. The third-order valence-electron chi connectivity index (χ3n) is 10.1. The summed E-state index contributed by atoms with van der Waals surface area (Å²) >= 11 is 0. The van der Waals surface area contributed by atoms with Crippen LogP contribution in [0.3, 0.4) is 0 Å². The van der Waals surface area contributed by atoms with E-state index in [2.05, 4.69) is 223 Å². The predicted octanol–water partition coefficient (Wildman–Crippen LogP) is 12.9. The molecule has 0 saturated carbocycles. The number of fused-ring (bicyclic) bond motifs is 3. The van der Waals surface area contributed by atoms with Crippen molar-refractivity contribution in [2.45, 2.75) is 5.41 Å². The summed E-state index contributed by atoms with van der Waals surface area (Å²) in [5.41, 5.74) is 14.3. The standard InChI is InChI=1S/C51H35N/c1-6-18-38(19-7-1)32-33-51(43-24-12-4-13-25-43)49-29-17-16-28-47(49)48-37-45(30-31-50(48)51)52(44-26-14-5-15-27-44)46-35-41(39-20-8-2-9-21-39)34-42(36-46)40-22-10-3-11-23-40/h1-31,34-37H. The fraction of sp³-hybridized carbons (Fsp3) is 0.0196. The first-order chi connectivity index (χ1) is 25.8. The summed E-state index contributed by atoms with van der Waals surface area (Å²) in [4.78, 5) is 2.39. The Kier molecular flexibility index (Phi) is 8.05. The highest BCUT2D eigenvalue weighted by Gasteiger charge is 2.44. The topological polar surface area (TPSA) is 3.24 Å². The predicted molar refractivity (Wildman–Crippen MR) is 217 cm³/mol. The Morgan fingerprint density at radius 2 is 0.865 bits per heavy atom. The average Bonchev–Trinajstić information content (AvgIpc) is 3.51. The smallest absolute Gasteiger partial charge is 0.108 e. The Morgan fingerprint density at radius 1 is 0.346 bits per heavy atom. The minimum Gasteiger partial charge on any atom is -0.310 e. The van der Waals surface area contributed by atoms with Gasteiger partial charge in [0, 0.05) is 22.6 Å². The molecule has 0 radical (unpaired) electrons. The van der Waals surface area contributed by atoms with Gasteiger partial charge in [0.2, 0.25) is 0 Å². The molecule has 1 unspecified atom stereocenters. The number of hydrogen-bond acceptors (Lipinski definition) is 1. The molecule has 0 bridgehead atoms. The highest BCUT2D eigenvalue weighted by molar-refractivity contribution is 5.91. The van der Waals surface area contributed by atoms with Crippen LogP contribution in [0, 0.1) is 11.8 Å². The van der Waals surface area contributed by atoms with Crippen molar-refractivity contribution in [1.82, 2.24) is 0 Å². The molecule has 0 saturated heterocycles. The maximum atomic E-state index is 3.84. The summed E-state index contributed by atoms with van der Waals surface area (Å²) in [5, 5.41) is 0. The van der Waals surface area contributed by atoms with E-state index in [1.807, 2.05) is 6.07 Å². The molecule has 52 heavy (non-hydrogen) atoms. The summed E-state index contributed by atoms with van der Waals surface area (Å²) in [6, 6.07) is 75.8. The first-order valence-electron chi connectivity index (χ1n) is 17.8. The number of hydrogen-bond donors (Lipinski definition) is 0. The van der Waals surface area contributed by atoms with Crippen molar-refractivity contribution in [2.24, 2.45) is 0 Å². The van der Waals surface area contributed by atoms with Crippen molar-refractivity contribution >= 4 is 17.1 Å². The van der Waals surface area contributed by atoms with Gasteiger partial charge < -0.3 is 4.90 Å². The Morgan fingerprint density at radius 3 is 1.50 bits per heavy atom. The molecule has 1 atom stereocenters. The van der Waals surface area contributed by atoms with Crippen LogP contribution in [-0.2, 0) is 5.41 Å². The van der Waals surface area contributed by atoms with Gasteiger partial charge in [-0.1, -0.05) is 170 Å². The third-order valence-corrected chi connectivity index (χ3v) is 10.1. The molecular weight excluding hydrogens is 627 g/mol. The van der Waals surface area contributed by atoms with Crippen molar-refractivity contribution in [3.8, 4) is 45.2 Å². The van der Waals surface area contributed by atoms with Gasteiger partial charge in [-0.25, -0.2) is 0 Å². The summed E-state index contributed by atoms with van der Waals surface area (Å²) in [6.45, 7) is 0. The van der Waals surface area contributed by atoms with Gasteiger partial charge in [0.1, 0.15) is 5.41 Å². The Labute approximate surface area is 306 Å². The Balaban J connectivity index is 1.28. The molecule has 0 spiro atoms. The molecule has 9 rings (SSSR count). The second-order valence-corrected chi connectivity index (χ2v) is 13.2. The monoisotopic (exact) mass is 661 g/mol. The van der Waals surface area contributed by atoms with E-state index in [-0.39, 0.29) is 0 Å². The Bertz CT molecular complexity index is 2490. The second-order valence-electron chi connectivity index (χ2n) is 13.2. The van der Waals surface area contributed by atoms with Crippen molar-refractivity contribution in [3.05, 3.63) is 235 Å². The van der Waals surface area contributed by atoms with Gasteiger partial charge in [-0.05, 0) is 105 Å². The SMILES string of the molecule is C(#CC1(c2ccccc2)c2ccccc2-c2cc(N(c3ccccc3)c3cc(-c4ccccc4)cc(-c4ccccc4)c3)ccc21)c1ccccc1. The van der Waals surface area contributed by atoms with E-state index in [0.717, 1.165) is 22.6 Å². The van der Waals surface area contributed by atoms with Crippen molar-refractivity contribution in [1.29, 1.82) is 0 Å². The van der Waals surface area contributed by atoms with E-state index in [9.17, 15) is 0 Å². The third kappa shape index (κ3) is 5.58. The van der Waals surface area contributed by atoms with Gasteiger partial charge in [-0.2, -0.15) is 0 Å². The first-order valence-corrected chi connectivity index (χ1v) is 17.8. The zero-order chi connectivity index (χ0) is 34.7. The number of anilines is 3. The quantitative estimate of drug-likeness (QED) is 0.160. The largest absolute Gasteiger partial charge is 0.310 e. The molecule has 0 amide bonds. The van der Waals surface area contributed by atoms with Gasteiger partial charge in [-0.3, -0.25) is 0 Å². The van der Waals surface area contributed by atoms with E-state index in [1.54, 1.807) is 0 Å². The van der Waals surface area contributed by atoms with Gasteiger partial charge in [-0.15, -0.1) is 0 Å². The van der Waals surface area contributed by atoms with Crippen LogP contribution in [0.1, 0.15) is 22.3 Å². The molecule has 0 heterocycles. The molecule has 8 aromatic carbocycles. The summed E-state index contributed by atoms with van der Waals surface area (Å²) < 4.78 is 0. The minimum atomic E-state index is -0.632. The summed E-state index contributed by atoms with van der Waals surface area (Å²) in [7, 11) is 0. The first kappa shape index (κ1) is 31.1. The fourth-order valence-electron chi connectivity index (χ4n) is 7.66. The van der Waals surface area contributed by atoms with E-state index < -0.39 is 5.41 Å². The zero-order valence-corrected chi connectivity index (χ0v) is 28.7. The van der Waals surface area contributed by atoms with Gasteiger partial charge in [0.05, 0.1) is 0 Å². The number of nitrogens with zero attached hydrogens (tertiary/aromatic N) is 1. The lowest BCUT2D eigenvalue weighted by molar-refractivity contribution is 0.837. The van der Waals surface area contributed by atoms with Crippen LogP contribution in [0.15, 0.2) is 212 Å². The normalized spacial score (nSPS) is 14.1. The van der Waals surface area contributed by atoms with Gasteiger partial charge >= 0.3 is 0 Å². The zero-order valence-electron chi connectivity index (χ0n) is 28.7. The highest BCUT2D eigenvalue weighted by atomic mass is 15.1. The number of benzene rings is 8. The van der Waals surface area contributed by atoms with Crippen LogP contribution < -0.4 is 4.90 Å². The van der Waals surface area contributed by atoms with Gasteiger partial charge in [0.15, 0.2) is 0 Å². The Hall–Kier alpha value is -6.88. The second kappa shape index (κ2) is 13.4. The fourth-order valence-corrected chi connectivity index (χ4v) is 7.66. The number of para-hydroxylation sites is 1. The van der Waals surface area contributed by atoms with E-state index in [1.165, 1.54) is 50.1 Å². The average molecular weight is 662 g/mol. The van der Waals surface area contributed by atoms with Crippen molar-refractivity contribution < 1.29 is 0 Å². The maximum absolute atomic E-state index is 3.84. The van der Waals surface area contributed by atoms with Crippen LogP contribution in [0.5, 0.6) is 0 Å². The van der Waals surface area contributed by atoms with Crippen LogP contribution in [0.4, 0.5) is 17.1 Å². The van der Waals surface area contributed by atoms with E-state index in [4.69, 9.17) is 0 Å². The van der Waals surface area contributed by atoms with Crippen LogP contribution in [0.2, 0.25) is 0 Å². The maximum Gasteiger partial charge on any atom is 0.108 e. The molecular formula is C51H35N. The molecule has 0 aromatic heterocycles. The van der Waals surface area contributed by atoms with Crippen molar-refractivity contribution in [2.75, 3.05) is 4.90 Å². The summed E-state index contributed by atoms with van der Waals surface area (Å²) in [6.07, 6.45) is 0. The van der Waals surface area contributed by atoms with Crippen LogP contribution in [-0.4, -0.2) is 0 Å². The molecule has 8 aromatic rings. The molecule has 0 fully saturated rings. The number of rotatable bonds is 6. The highest BCUT2D eigenvalue weighted by Crippen LogP contribution is 2.54. The van der Waals surface area contributed by atoms with Crippen LogP contribution >= 0.6 is 0 Å². The summed E-state index contributed by atoms with van der Waals surface area (Å²) in [5.74, 6) is 7.42. The van der Waals surface area contributed by atoms with Crippen molar-refractivity contribution in [3.63, 3.8) is 0 Å². The molecule has 1 aliphatic rings. The molecule has 1 nitrogen and oxygen atoms in total. The molecule has 0 aliphatic heterocycles.